The first-order chi connectivity index (χ1) is 10.5. The molecule has 0 bridgehead atoms. The highest BCUT2D eigenvalue weighted by Gasteiger charge is 2.13. The van der Waals surface area contributed by atoms with Gasteiger partial charge < -0.3 is 4.42 Å². The number of furan rings is 1. The summed E-state index contributed by atoms with van der Waals surface area (Å²) in [6.45, 7) is 5.83. The average molecular weight is 312 g/mol. The van der Waals surface area contributed by atoms with E-state index in [1.54, 1.807) is 0 Å². The van der Waals surface area contributed by atoms with Gasteiger partial charge in [0.05, 0.1) is 0 Å². The number of carbonyl (C=O) groups excluding carboxylic acids is 1. The van der Waals surface area contributed by atoms with Crippen molar-refractivity contribution < 1.29 is 9.21 Å². The van der Waals surface area contributed by atoms with Crippen LogP contribution in [-0.2, 0) is 0 Å². The molecule has 0 atom stereocenters. The topological polar surface area (TPSA) is 55.1 Å². The first kappa shape index (κ1) is 14.5. The van der Waals surface area contributed by atoms with Crippen molar-refractivity contribution in [2.75, 3.05) is 5.32 Å². The Bertz CT molecular complexity index is 833. The van der Waals surface area contributed by atoms with Gasteiger partial charge in [0, 0.05) is 10.9 Å². The molecule has 0 spiro atoms. The maximum Gasteiger partial charge on any atom is 0.257 e. The molecule has 1 N–H and O–H groups in total. The SMILES string of the molecule is Cc1ccc(-c2csc(NC(=O)c3cccc(C)c3C)n2)o1. The van der Waals surface area contributed by atoms with E-state index in [1.807, 2.05) is 56.5 Å². The Morgan fingerprint density at radius 1 is 1.18 bits per heavy atom. The van der Waals surface area contributed by atoms with Gasteiger partial charge >= 0.3 is 0 Å². The zero-order valence-corrected chi connectivity index (χ0v) is 13.5. The van der Waals surface area contributed by atoms with Gasteiger partial charge in [0.25, 0.3) is 5.91 Å². The fourth-order valence-electron chi connectivity index (χ4n) is 2.18. The highest BCUT2D eigenvalue weighted by atomic mass is 32.1. The molecule has 2 heterocycles. The van der Waals surface area contributed by atoms with Crippen molar-refractivity contribution in [3.05, 3.63) is 58.2 Å². The van der Waals surface area contributed by atoms with Crippen LogP contribution in [-0.4, -0.2) is 10.9 Å². The summed E-state index contributed by atoms with van der Waals surface area (Å²) in [4.78, 5) is 16.8. The monoisotopic (exact) mass is 312 g/mol. The molecule has 1 amide bonds. The smallest absolute Gasteiger partial charge is 0.257 e. The number of hydrogen-bond acceptors (Lipinski definition) is 4. The van der Waals surface area contributed by atoms with Gasteiger partial charge in [0.15, 0.2) is 10.9 Å². The van der Waals surface area contributed by atoms with Crippen molar-refractivity contribution in [1.82, 2.24) is 4.98 Å². The summed E-state index contributed by atoms with van der Waals surface area (Å²) >= 11 is 1.38. The number of rotatable bonds is 3. The second-order valence-corrected chi connectivity index (χ2v) is 6.01. The van der Waals surface area contributed by atoms with Crippen LogP contribution in [0.25, 0.3) is 11.5 Å². The lowest BCUT2D eigenvalue weighted by atomic mass is 10.0. The van der Waals surface area contributed by atoms with Crippen LogP contribution in [0.4, 0.5) is 5.13 Å². The molecule has 0 fully saturated rings. The van der Waals surface area contributed by atoms with Crippen molar-refractivity contribution in [3.63, 3.8) is 0 Å². The summed E-state index contributed by atoms with van der Waals surface area (Å²) in [7, 11) is 0. The van der Waals surface area contributed by atoms with Crippen LogP contribution in [0.15, 0.2) is 40.1 Å². The third-order valence-corrected chi connectivity index (χ3v) is 4.32. The number of nitrogens with one attached hydrogen (secondary N) is 1. The molecule has 0 aliphatic carbocycles. The molecule has 0 aliphatic rings. The van der Waals surface area contributed by atoms with E-state index in [1.165, 1.54) is 11.3 Å². The van der Waals surface area contributed by atoms with E-state index in [0.29, 0.717) is 16.5 Å². The van der Waals surface area contributed by atoms with Crippen LogP contribution in [0.3, 0.4) is 0 Å². The molecule has 5 heteroatoms. The average Bonchev–Trinajstić information content (AvgIpc) is 3.10. The van der Waals surface area contributed by atoms with E-state index in [-0.39, 0.29) is 5.91 Å². The second kappa shape index (κ2) is 5.77. The van der Waals surface area contributed by atoms with Crippen LogP contribution in [0.5, 0.6) is 0 Å². The van der Waals surface area contributed by atoms with Gasteiger partial charge in [-0.3, -0.25) is 10.1 Å². The molecule has 0 saturated heterocycles. The van der Waals surface area contributed by atoms with E-state index in [9.17, 15) is 4.79 Å². The number of hydrogen-bond donors (Lipinski definition) is 1. The summed E-state index contributed by atoms with van der Waals surface area (Å²) in [6, 6.07) is 9.47. The minimum atomic E-state index is -0.141. The summed E-state index contributed by atoms with van der Waals surface area (Å²) in [5, 5.41) is 5.29. The largest absolute Gasteiger partial charge is 0.460 e. The molecule has 0 unspecified atom stereocenters. The molecule has 2 aromatic heterocycles. The Morgan fingerprint density at radius 2 is 2.00 bits per heavy atom. The lowest BCUT2D eigenvalue weighted by Crippen LogP contribution is -2.13. The fraction of sp³-hybridized carbons (Fsp3) is 0.176. The van der Waals surface area contributed by atoms with E-state index >= 15 is 0 Å². The zero-order valence-electron chi connectivity index (χ0n) is 12.6. The van der Waals surface area contributed by atoms with Crippen LogP contribution < -0.4 is 5.32 Å². The summed E-state index contributed by atoms with van der Waals surface area (Å²) in [5.74, 6) is 1.41. The summed E-state index contributed by atoms with van der Waals surface area (Å²) in [6.07, 6.45) is 0. The van der Waals surface area contributed by atoms with Crippen LogP contribution in [0.2, 0.25) is 0 Å². The van der Waals surface area contributed by atoms with Gasteiger partial charge in [-0.25, -0.2) is 4.98 Å². The third kappa shape index (κ3) is 2.80. The van der Waals surface area contributed by atoms with E-state index in [2.05, 4.69) is 10.3 Å². The Hall–Kier alpha value is -2.40. The van der Waals surface area contributed by atoms with Gasteiger partial charge in [-0.15, -0.1) is 11.3 Å². The molecule has 3 rings (SSSR count). The number of nitrogens with zero attached hydrogens (tertiary/aromatic N) is 1. The van der Waals surface area contributed by atoms with Crippen molar-refractivity contribution in [2.45, 2.75) is 20.8 Å². The molecule has 3 aromatic rings. The molecule has 1 aromatic carbocycles. The summed E-state index contributed by atoms with van der Waals surface area (Å²) < 4.78 is 5.54. The third-order valence-electron chi connectivity index (χ3n) is 3.57. The highest BCUT2D eigenvalue weighted by Crippen LogP contribution is 2.27. The predicted octanol–water partition coefficient (Wildman–Crippen LogP) is 4.58. The molecular formula is C17H16N2O2S. The number of anilines is 1. The number of carbonyl (C=O) groups is 1. The van der Waals surface area contributed by atoms with E-state index in [4.69, 9.17) is 4.42 Å². The minimum Gasteiger partial charge on any atom is -0.460 e. The molecule has 112 valence electrons. The van der Waals surface area contributed by atoms with Crippen molar-refractivity contribution in [2.24, 2.45) is 0 Å². The number of aryl methyl sites for hydroxylation is 2. The normalized spacial score (nSPS) is 10.7. The predicted molar refractivity (Wildman–Crippen MR) is 88.4 cm³/mol. The quantitative estimate of drug-likeness (QED) is 0.770. The molecule has 22 heavy (non-hydrogen) atoms. The van der Waals surface area contributed by atoms with Gasteiger partial charge in [-0.1, -0.05) is 12.1 Å². The standard InChI is InChI=1S/C17H16N2O2S/c1-10-5-4-6-13(12(10)3)16(20)19-17-18-14(9-22-17)15-8-7-11(2)21-15/h4-9H,1-3H3,(H,18,19,20). The zero-order chi connectivity index (χ0) is 15.7. The molecular weight excluding hydrogens is 296 g/mol. The number of amides is 1. The Kier molecular flexibility index (Phi) is 3.81. The molecule has 0 aliphatic heterocycles. The first-order valence-corrected chi connectivity index (χ1v) is 7.82. The number of benzene rings is 1. The van der Waals surface area contributed by atoms with Crippen LogP contribution in [0, 0.1) is 20.8 Å². The molecule has 4 nitrogen and oxygen atoms in total. The van der Waals surface area contributed by atoms with Gasteiger partial charge in [0.1, 0.15) is 11.5 Å². The minimum absolute atomic E-state index is 0.141. The van der Waals surface area contributed by atoms with Crippen molar-refractivity contribution >= 4 is 22.4 Å². The highest BCUT2D eigenvalue weighted by molar-refractivity contribution is 7.14. The van der Waals surface area contributed by atoms with Gasteiger partial charge in [-0.2, -0.15) is 0 Å². The fourth-order valence-corrected chi connectivity index (χ4v) is 2.87. The lowest BCUT2D eigenvalue weighted by molar-refractivity contribution is 0.102. The Balaban J connectivity index is 1.80. The molecule has 0 radical (unpaired) electrons. The molecule has 0 saturated carbocycles. The van der Waals surface area contributed by atoms with E-state index in [0.717, 1.165) is 22.6 Å². The van der Waals surface area contributed by atoms with Crippen molar-refractivity contribution in [3.8, 4) is 11.5 Å². The maximum absolute atomic E-state index is 12.4. The van der Waals surface area contributed by atoms with E-state index < -0.39 is 0 Å². The van der Waals surface area contributed by atoms with Gasteiger partial charge in [0.2, 0.25) is 0 Å². The maximum atomic E-state index is 12.4. The van der Waals surface area contributed by atoms with Crippen molar-refractivity contribution in [1.29, 1.82) is 0 Å². The van der Waals surface area contributed by atoms with Gasteiger partial charge in [-0.05, 0) is 50.1 Å². The first-order valence-electron chi connectivity index (χ1n) is 6.94. The summed E-state index contributed by atoms with van der Waals surface area (Å²) in [5.41, 5.74) is 3.48. The van der Waals surface area contributed by atoms with Crippen LogP contribution >= 0.6 is 11.3 Å². The lowest BCUT2D eigenvalue weighted by Gasteiger charge is -2.07. The number of aromatic nitrogens is 1. The Morgan fingerprint density at radius 3 is 2.73 bits per heavy atom. The van der Waals surface area contributed by atoms with Crippen LogP contribution in [0.1, 0.15) is 27.2 Å². The number of thiazole rings is 1. The second-order valence-electron chi connectivity index (χ2n) is 5.15. The Labute approximate surface area is 132 Å².